The monoisotopic (exact) mass is 293 g/mol. The highest BCUT2D eigenvalue weighted by molar-refractivity contribution is 7.13. The lowest BCUT2D eigenvalue weighted by molar-refractivity contribution is -0.146. The molecule has 2 heterocycles. The third-order valence-corrected chi connectivity index (χ3v) is 3.62. The molecule has 2 N–H and O–H groups in total. The Labute approximate surface area is 120 Å². The summed E-state index contributed by atoms with van der Waals surface area (Å²) < 4.78 is 4.64. The van der Waals surface area contributed by atoms with E-state index in [-0.39, 0.29) is 5.69 Å². The van der Waals surface area contributed by atoms with Gasteiger partial charge in [-0.25, -0.2) is 4.79 Å². The van der Waals surface area contributed by atoms with Crippen LogP contribution in [0.1, 0.15) is 24.3 Å². The maximum atomic E-state index is 12.1. The highest BCUT2D eigenvalue weighted by atomic mass is 32.1. The maximum absolute atomic E-state index is 12.1. The van der Waals surface area contributed by atoms with Crippen LogP contribution < -0.4 is 5.32 Å². The second kappa shape index (κ2) is 5.46. The Morgan fingerprint density at radius 1 is 1.45 bits per heavy atom. The molecule has 0 aromatic carbocycles. The quantitative estimate of drug-likeness (QED) is 0.842. The molecule has 0 spiro atoms. The standard InChI is InChI=1S/C13H15N3O3S/c1-13(2,12(18)19-3)14-11(17)9-7-8(15-16-9)10-5-4-6-20-10/h4-7H,1-3H3,(H,14,17)(H,15,16). The fourth-order valence-electron chi connectivity index (χ4n) is 1.65. The third-order valence-electron chi connectivity index (χ3n) is 2.72. The number of thiophene rings is 1. The lowest BCUT2D eigenvalue weighted by Gasteiger charge is -2.22. The Bertz CT molecular complexity index is 617. The average Bonchev–Trinajstić information content (AvgIpc) is 3.07. The van der Waals surface area contributed by atoms with Crippen LogP contribution in [0.4, 0.5) is 0 Å². The van der Waals surface area contributed by atoms with Crippen molar-refractivity contribution < 1.29 is 14.3 Å². The largest absolute Gasteiger partial charge is 0.467 e. The molecule has 2 rings (SSSR count). The average molecular weight is 293 g/mol. The molecule has 2 aromatic rings. The summed E-state index contributed by atoms with van der Waals surface area (Å²) in [4.78, 5) is 24.6. The van der Waals surface area contributed by atoms with Crippen LogP contribution in [0.15, 0.2) is 23.6 Å². The van der Waals surface area contributed by atoms with Crippen molar-refractivity contribution in [3.8, 4) is 10.6 Å². The molecule has 0 radical (unpaired) electrons. The normalized spacial score (nSPS) is 11.2. The summed E-state index contributed by atoms with van der Waals surface area (Å²) in [5.41, 5.74) is -0.111. The van der Waals surface area contributed by atoms with Gasteiger partial charge in [0.25, 0.3) is 5.91 Å². The van der Waals surface area contributed by atoms with Gasteiger partial charge in [0.05, 0.1) is 17.7 Å². The van der Waals surface area contributed by atoms with E-state index in [2.05, 4.69) is 20.3 Å². The van der Waals surface area contributed by atoms with Crippen molar-refractivity contribution in [2.24, 2.45) is 0 Å². The van der Waals surface area contributed by atoms with Gasteiger partial charge in [0.1, 0.15) is 5.54 Å². The number of H-pyrrole nitrogens is 1. The molecule has 0 saturated carbocycles. The maximum Gasteiger partial charge on any atom is 0.330 e. The summed E-state index contributed by atoms with van der Waals surface area (Å²) in [6, 6.07) is 5.49. The smallest absolute Gasteiger partial charge is 0.330 e. The first kappa shape index (κ1) is 14.3. The molecule has 1 amide bonds. The van der Waals surface area contributed by atoms with Gasteiger partial charge in [-0.05, 0) is 31.4 Å². The zero-order chi connectivity index (χ0) is 14.8. The van der Waals surface area contributed by atoms with Crippen molar-refractivity contribution in [2.75, 3.05) is 7.11 Å². The number of nitrogens with one attached hydrogen (secondary N) is 2. The number of nitrogens with zero attached hydrogens (tertiary/aromatic N) is 1. The number of aromatic amines is 1. The van der Waals surface area contributed by atoms with Gasteiger partial charge in [0.15, 0.2) is 5.69 Å². The van der Waals surface area contributed by atoms with Gasteiger partial charge in [-0.3, -0.25) is 9.89 Å². The SMILES string of the molecule is COC(=O)C(C)(C)NC(=O)c1cc(-c2cccs2)[nH]n1. The molecule has 20 heavy (non-hydrogen) atoms. The van der Waals surface area contributed by atoms with Crippen molar-refractivity contribution >= 4 is 23.2 Å². The molecule has 2 aromatic heterocycles. The molecule has 0 aliphatic heterocycles. The van der Waals surface area contributed by atoms with Crippen molar-refractivity contribution in [1.29, 1.82) is 0 Å². The highest BCUT2D eigenvalue weighted by Gasteiger charge is 2.31. The predicted molar refractivity (Wildman–Crippen MR) is 75.5 cm³/mol. The molecule has 0 unspecified atom stereocenters. The number of carbonyl (C=O) groups excluding carboxylic acids is 2. The fraction of sp³-hybridized carbons (Fsp3) is 0.308. The van der Waals surface area contributed by atoms with E-state index in [0.29, 0.717) is 0 Å². The van der Waals surface area contributed by atoms with Crippen molar-refractivity contribution in [2.45, 2.75) is 19.4 Å². The minimum Gasteiger partial charge on any atom is -0.467 e. The lowest BCUT2D eigenvalue weighted by atomic mass is 10.1. The minimum absolute atomic E-state index is 0.227. The fourth-order valence-corrected chi connectivity index (χ4v) is 2.34. The molecule has 0 fully saturated rings. The number of aromatic nitrogens is 2. The molecule has 0 bridgehead atoms. The van der Waals surface area contributed by atoms with Crippen molar-refractivity contribution in [3.63, 3.8) is 0 Å². The Kier molecular flexibility index (Phi) is 3.89. The number of ether oxygens (including phenoxy) is 1. The van der Waals surface area contributed by atoms with Gasteiger partial charge in [0.2, 0.25) is 0 Å². The van der Waals surface area contributed by atoms with Crippen LogP contribution in [-0.4, -0.2) is 34.7 Å². The summed E-state index contributed by atoms with van der Waals surface area (Å²) in [7, 11) is 1.28. The van der Waals surface area contributed by atoms with E-state index in [1.165, 1.54) is 7.11 Å². The van der Waals surface area contributed by atoms with Crippen LogP contribution in [0.5, 0.6) is 0 Å². The molecule has 0 atom stereocenters. The molecule has 0 saturated heterocycles. The first-order valence-electron chi connectivity index (χ1n) is 5.94. The topological polar surface area (TPSA) is 84.1 Å². The number of carbonyl (C=O) groups is 2. The first-order chi connectivity index (χ1) is 9.44. The van der Waals surface area contributed by atoms with Gasteiger partial charge < -0.3 is 10.1 Å². The predicted octanol–water partition coefficient (Wildman–Crippen LogP) is 1.82. The number of hydrogen-bond donors (Lipinski definition) is 2. The lowest BCUT2D eigenvalue weighted by Crippen LogP contribution is -2.50. The van der Waals surface area contributed by atoms with Crippen molar-refractivity contribution in [3.05, 3.63) is 29.3 Å². The first-order valence-corrected chi connectivity index (χ1v) is 6.82. The summed E-state index contributed by atoms with van der Waals surface area (Å²) in [6.07, 6.45) is 0. The number of amides is 1. The molecular weight excluding hydrogens is 278 g/mol. The molecule has 106 valence electrons. The number of methoxy groups -OCH3 is 1. The van der Waals surface area contributed by atoms with Crippen molar-refractivity contribution in [1.82, 2.24) is 15.5 Å². The van der Waals surface area contributed by atoms with E-state index in [1.807, 2.05) is 17.5 Å². The summed E-state index contributed by atoms with van der Waals surface area (Å²) in [5.74, 6) is -0.945. The van der Waals surface area contributed by atoms with Gasteiger partial charge in [-0.1, -0.05) is 6.07 Å². The summed E-state index contributed by atoms with van der Waals surface area (Å²) in [5, 5.41) is 11.3. The second-order valence-corrected chi connectivity index (χ2v) is 5.66. The van der Waals surface area contributed by atoms with Gasteiger partial charge in [-0.2, -0.15) is 5.10 Å². The van der Waals surface area contributed by atoms with Gasteiger partial charge in [0, 0.05) is 0 Å². The second-order valence-electron chi connectivity index (χ2n) is 4.71. The minimum atomic E-state index is -1.10. The van der Waals surface area contributed by atoms with E-state index in [1.54, 1.807) is 31.3 Å². The van der Waals surface area contributed by atoms with E-state index < -0.39 is 17.4 Å². The molecule has 7 heteroatoms. The molecular formula is C13H15N3O3S. The summed E-state index contributed by atoms with van der Waals surface area (Å²) in [6.45, 7) is 3.15. The van der Waals surface area contributed by atoms with Crippen LogP contribution >= 0.6 is 11.3 Å². The van der Waals surface area contributed by atoms with Crippen LogP contribution in [0.2, 0.25) is 0 Å². The Hall–Kier alpha value is -2.15. The van der Waals surface area contributed by atoms with E-state index >= 15 is 0 Å². The van der Waals surface area contributed by atoms with E-state index in [0.717, 1.165) is 10.6 Å². The van der Waals surface area contributed by atoms with E-state index in [4.69, 9.17) is 0 Å². The summed E-state index contributed by atoms with van der Waals surface area (Å²) >= 11 is 1.55. The Balaban J connectivity index is 2.13. The van der Waals surface area contributed by atoms with Crippen LogP contribution in [0.3, 0.4) is 0 Å². The van der Waals surface area contributed by atoms with Crippen LogP contribution in [-0.2, 0) is 9.53 Å². The van der Waals surface area contributed by atoms with E-state index in [9.17, 15) is 9.59 Å². The van der Waals surface area contributed by atoms with Gasteiger partial charge in [-0.15, -0.1) is 11.3 Å². The molecule has 0 aliphatic carbocycles. The van der Waals surface area contributed by atoms with Crippen LogP contribution in [0.25, 0.3) is 10.6 Å². The number of hydrogen-bond acceptors (Lipinski definition) is 5. The van der Waals surface area contributed by atoms with Crippen LogP contribution in [0, 0.1) is 0 Å². The number of rotatable bonds is 4. The Morgan fingerprint density at radius 3 is 2.80 bits per heavy atom. The Morgan fingerprint density at radius 2 is 2.20 bits per heavy atom. The third kappa shape index (κ3) is 2.88. The zero-order valence-electron chi connectivity index (χ0n) is 11.4. The molecule has 6 nitrogen and oxygen atoms in total. The zero-order valence-corrected chi connectivity index (χ0v) is 12.2. The number of esters is 1. The van der Waals surface area contributed by atoms with Gasteiger partial charge >= 0.3 is 5.97 Å². The molecule has 0 aliphatic rings. The highest BCUT2D eigenvalue weighted by Crippen LogP contribution is 2.23.